The first-order valence-corrected chi connectivity index (χ1v) is 8.09. The molecule has 5 heteroatoms. The molecular formula is C20H16N2O3. The van der Waals surface area contributed by atoms with Crippen LogP contribution in [0.25, 0.3) is 10.9 Å². The minimum absolute atomic E-state index is 0.287. The van der Waals surface area contributed by atoms with Crippen molar-refractivity contribution < 1.29 is 14.7 Å². The molecule has 1 aromatic heterocycles. The molecule has 2 aromatic carbocycles. The number of pyridine rings is 1. The SMILES string of the molecule is O=C(O)[C@H]1Cc2ccccc2CN1C(=O)c1cccc2cccnc12. The number of carbonyl (C=O) groups excluding carboxylic acids is 1. The Balaban J connectivity index is 1.79. The molecule has 5 nitrogen and oxygen atoms in total. The Labute approximate surface area is 144 Å². The number of para-hydroxylation sites is 1. The minimum Gasteiger partial charge on any atom is -0.480 e. The fourth-order valence-corrected chi connectivity index (χ4v) is 3.39. The molecule has 3 aromatic rings. The van der Waals surface area contributed by atoms with Crippen LogP contribution in [0.2, 0.25) is 0 Å². The maximum absolute atomic E-state index is 13.2. The molecule has 1 aliphatic rings. The van der Waals surface area contributed by atoms with Crippen molar-refractivity contribution in [2.24, 2.45) is 0 Å². The van der Waals surface area contributed by atoms with Crippen LogP contribution in [0, 0.1) is 0 Å². The molecule has 1 atom stereocenters. The van der Waals surface area contributed by atoms with Crippen LogP contribution in [-0.2, 0) is 17.8 Å². The summed E-state index contributed by atoms with van der Waals surface area (Å²) in [4.78, 5) is 30.7. The number of benzene rings is 2. The first-order chi connectivity index (χ1) is 12.1. The monoisotopic (exact) mass is 332 g/mol. The second-order valence-electron chi connectivity index (χ2n) is 6.14. The summed E-state index contributed by atoms with van der Waals surface area (Å²) < 4.78 is 0. The fourth-order valence-electron chi connectivity index (χ4n) is 3.39. The lowest BCUT2D eigenvalue weighted by Gasteiger charge is -2.34. The first kappa shape index (κ1) is 15.3. The Bertz CT molecular complexity index is 978. The van der Waals surface area contributed by atoms with E-state index in [9.17, 15) is 14.7 Å². The van der Waals surface area contributed by atoms with Crippen LogP contribution in [0.15, 0.2) is 60.8 Å². The number of hydrogen-bond donors (Lipinski definition) is 1. The summed E-state index contributed by atoms with van der Waals surface area (Å²) in [5.41, 5.74) is 3.00. The third-order valence-corrected chi connectivity index (χ3v) is 4.66. The molecule has 1 N–H and O–H groups in total. The van der Waals surface area contributed by atoms with E-state index in [1.165, 1.54) is 4.90 Å². The maximum atomic E-state index is 13.2. The zero-order valence-electron chi connectivity index (χ0n) is 13.4. The highest BCUT2D eigenvalue weighted by Crippen LogP contribution is 2.27. The summed E-state index contributed by atoms with van der Waals surface area (Å²) >= 11 is 0. The highest BCUT2D eigenvalue weighted by atomic mass is 16.4. The number of carbonyl (C=O) groups is 2. The standard InChI is InChI=1S/C20H16N2O3/c23-19(16-9-3-7-13-8-4-10-21-18(13)16)22-12-15-6-2-1-5-14(15)11-17(22)20(24)25/h1-10,17H,11-12H2,(H,24,25)/t17-/m1/s1. The van der Waals surface area contributed by atoms with Crippen molar-refractivity contribution in [1.82, 2.24) is 9.88 Å². The van der Waals surface area contributed by atoms with Crippen molar-refractivity contribution in [1.29, 1.82) is 0 Å². The zero-order chi connectivity index (χ0) is 17.4. The van der Waals surface area contributed by atoms with Gasteiger partial charge in [-0.25, -0.2) is 4.79 Å². The molecule has 124 valence electrons. The van der Waals surface area contributed by atoms with Gasteiger partial charge in [0.15, 0.2) is 0 Å². The van der Waals surface area contributed by atoms with Crippen LogP contribution in [-0.4, -0.2) is 32.9 Å². The van der Waals surface area contributed by atoms with Crippen molar-refractivity contribution >= 4 is 22.8 Å². The summed E-state index contributed by atoms with van der Waals surface area (Å²) in [6.07, 6.45) is 1.95. The summed E-state index contributed by atoms with van der Waals surface area (Å²) in [5.74, 6) is -1.29. The number of aliphatic carboxylic acids is 1. The van der Waals surface area contributed by atoms with Crippen molar-refractivity contribution in [3.63, 3.8) is 0 Å². The second kappa shape index (κ2) is 6.02. The van der Waals surface area contributed by atoms with E-state index in [1.54, 1.807) is 18.3 Å². The molecule has 0 unspecified atom stereocenters. The smallest absolute Gasteiger partial charge is 0.326 e. The van der Waals surface area contributed by atoms with Crippen molar-refractivity contribution in [3.05, 3.63) is 77.5 Å². The van der Waals surface area contributed by atoms with E-state index >= 15 is 0 Å². The van der Waals surface area contributed by atoms with Crippen LogP contribution in [0.5, 0.6) is 0 Å². The van der Waals surface area contributed by atoms with Gasteiger partial charge in [0.25, 0.3) is 5.91 Å². The zero-order valence-corrected chi connectivity index (χ0v) is 13.4. The number of carboxylic acid groups (broad SMARTS) is 1. The predicted octanol–water partition coefficient (Wildman–Crippen LogP) is 2.89. The topological polar surface area (TPSA) is 70.5 Å². The Hall–Kier alpha value is -3.21. The summed E-state index contributed by atoms with van der Waals surface area (Å²) in [6.45, 7) is 0.287. The number of hydrogen-bond acceptors (Lipinski definition) is 3. The molecule has 2 heterocycles. The molecule has 25 heavy (non-hydrogen) atoms. The molecule has 0 spiro atoms. The lowest BCUT2D eigenvalue weighted by molar-refractivity contribution is -0.142. The Morgan fingerprint density at radius 3 is 2.56 bits per heavy atom. The molecule has 1 amide bonds. The van der Waals surface area contributed by atoms with Gasteiger partial charge in [-0.3, -0.25) is 9.78 Å². The van der Waals surface area contributed by atoms with E-state index < -0.39 is 12.0 Å². The van der Waals surface area contributed by atoms with Gasteiger partial charge in [0.05, 0.1) is 11.1 Å². The molecular weight excluding hydrogens is 316 g/mol. The summed E-state index contributed by atoms with van der Waals surface area (Å²) in [7, 11) is 0. The predicted molar refractivity (Wildman–Crippen MR) is 93.2 cm³/mol. The van der Waals surface area contributed by atoms with Crippen molar-refractivity contribution in [2.45, 2.75) is 19.0 Å². The van der Waals surface area contributed by atoms with E-state index in [-0.39, 0.29) is 12.5 Å². The molecule has 0 fully saturated rings. The largest absolute Gasteiger partial charge is 0.480 e. The highest BCUT2D eigenvalue weighted by Gasteiger charge is 2.35. The van der Waals surface area contributed by atoms with E-state index in [0.29, 0.717) is 17.5 Å². The molecule has 1 aliphatic heterocycles. The van der Waals surface area contributed by atoms with Crippen molar-refractivity contribution in [3.8, 4) is 0 Å². The van der Waals surface area contributed by atoms with E-state index in [1.807, 2.05) is 42.5 Å². The van der Waals surface area contributed by atoms with E-state index in [2.05, 4.69) is 4.98 Å². The van der Waals surface area contributed by atoms with Crippen molar-refractivity contribution in [2.75, 3.05) is 0 Å². The lowest BCUT2D eigenvalue weighted by Crippen LogP contribution is -2.48. The molecule has 0 radical (unpaired) electrons. The van der Waals surface area contributed by atoms with Gasteiger partial charge in [0, 0.05) is 24.5 Å². The second-order valence-corrected chi connectivity index (χ2v) is 6.14. The number of rotatable bonds is 2. The van der Waals surface area contributed by atoms with Gasteiger partial charge in [-0.15, -0.1) is 0 Å². The van der Waals surface area contributed by atoms with E-state index in [0.717, 1.165) is 16.5 Å². The van der Waals surface area contributed by atoms with Gasteiger partial charge in [0.2, 0.25) is 0 Å². The normalized spacial score (nSPS) is 16.5. The molecule has 0 aliphatic carbocycles. The van der Waals surface area contributed by atoms with Gasteiger partial charge in [-0.2, -0.15) is 0 Å². The first-order valence-electron chi connectivity index (χ1n) is 8.09. The maximum Gasteiger partial charge on any atom is 0.326 e. The van der Waals surface area contributed by atoms with Gasteiger partial charge >= 0.3 is 5.97 Å². The highest BCUT2D eigenvalue weighted by molar-refractivity contribution is 6.06. The van der Waals surface area contributed by atoms with Gasteiger partial charge < -0.3 is 10.0 Å². The number of amides is 1. The Morgan fingerprint density at radius 2 is 1.76 bits per heavy atom. The average Bonchev–Trinajstić information content (AvgIpc) is 2.66. The summed E-state index contributed by atoms with van der Waals surface area (Å²) in [5, 5.41) is 10.5. The number of nitrogens with zero attached hydrogens (tertiary/aromatic N) is 2. The van der Waals surface area contributed by atoms with Crippen LogP contribution >= 0.6 is 0 Å². The number of fused-ring (bicyclic) bond motifs is 2. The summed E-state index contributed by atoms with van der Waals surface area (Å²) in [6, 6.07) is 15.9. The fraction of sp³-hybridized carbons (Fsp3) is 0.150. The molecule has 0 saturated heterocycles. The van der Waals surface area contributed by atoms with Crippen LogP contribution < -0.4 is 0 Å². The van der Waals surface area contributed by atoms with E-state index in [4.69, 9.17) is 0 Å². The van der Waals surface area contributed by atoms with Gasteiger partial charge in [0.1, 0.15) is 6.04 Å². The van der Waals surface area contributed by atoms with Crippen LogP contribution in [0.4, 0.5) is 0 Å². The molecule has 0 bridgehead atoms. The number of carboxylic acids is 1. The minimum atomic E-state index is -0.990. The molecule has 0 saturated carbocycles. The number of aromatic nitrogens is 1. The van der Waals surface area contributed by atoms with Gasteiger partial charge in [-0.05, 0) is 23.3 Å². The average molecular weight is 332 g/mol. The van der Waals surface area contributed by atoms with Crippen LogP contribution in [0.3, 0.4) is 0 Å². The lowest BCUT2D eigenvalue weighted by atomic mass is 9.93. The quantitative estimate of drug-likeness (QED) is 0.783. The third-order valence-electron chi connectivity index (χ3n) is 4.66. The Kier molecular flexibility index (Phi) is 3.69. The van der Waals surface area contributed by atoms with Crippen LogP contribution in [0.1, 0.15) is 21.5 Å². The molecule has 4 rings (SSSR count). The van der Waals surface area contributed by atoms with Gasteiger partial charge in [-0.1, -0.05) is 42.5 Å². The third kappa shape index (κ3) is 2.63. The Morgan fingerprint density at radius 1 is 1.00 bits per heavy atom.